The number of rotatable bonds is 6. The Morgan fingerprint density at radius 3 is 2.50 bits per heavy atom. The third-order valence-electron chi connectivity index (χ3n) is 3.72. The van der Waals surface area contributed by atoms with Gasteiger partial charge in [0, 0.05) is 11.9 Å². The lowest BCUT2D eigenvalue weighted by Gasteiger charge is -2.29. The highest BCUT2D eigenvalue weighted by Gasteiger charge is 2.39. The molecule has 1 unspecified atom stereocenters. The van der Waals surface area contributed by atoms with Gasteiger partial charge in [-0.3, -0.25) is 9.59 Å². The number of carbonyl (C=O) groups excluding carboxylic acids is 1. The van der Waals surface area contributed by atoms with Gasteiger partial charge in [-0.15, -0.1) is 11.3 Å². The molecule has 0 aliphatic rings. The summed E-state index contributed by atoms with van der Waals surface area (Å²) in [6.07, 6.45) is 0.389. The highest BCUT2D eigenvalue weighted by molar-refractivity contribution is 9.11. The Hall–Kier alpha value is -1.66. The summed E-state index contributed by atoms with van der Waals surface area (Å²) in [4.78, 5) is 24.0. The van der Waals surface area contributed by atoms with Gasteiger partial charge in [0.2, 0.25) is 0 Å². The number of carbonyl (C=O) groups is 2. The standard InChI is InChI=1S/C16H16BrNO3S/c1-2-16(15(20)21,12-6-4-3-5-7-12)10-18-14(19)11-8-13(17)22-9-11/h3-9H,2,10H2,1H3,(H,18,19)(H,20,21). The molecular weight excluding hydrogens is 366 g/mol. The first kappa shape index (κ1) is 16.7. The van der Waals surface area contributed by atoms with Crippen molar-refractivity contribution < 1.29 is 14.7 Å². The lowest BCUT2D eigenvalue weighted by Crippen LogP contribution is -2.46. The van der Waals surface area contributed by atoms with Crippen LogP contribution in [0.25, 0.3) is 0 Å². The molecule has 116 valence electrons. The zero-order valence-electron chi connectivity index (χ0n) is 12.0. The Morgan fingerprint density at radius 2 is 2.00 bits per heavy atom. The molecule has 1 aromatic carbocycles. The number of halogens is 1. The van der Waals surface area contributed by atoms with Gasteiger partial charge >= 0.3 is 5.97 Å². The summed E-state index contributed by atoms with van der Waals surface area (Å²) in [5, 5.41) is 14.2. The zero-order chi connectivity index (χ0) is 16.2. The van der Waals surface area contributed by atoms with Crippen molar-refractivity contribution in [3.05, 3.63) is 56.7 Å². The first-order valence-electron chi connectivity index (χ1n) is 6.81. The maximum atomic E-state index is 12.2. The van der Waals surface area contributed by atoms with Gasteiger partial charge in [0.05, 0.1) is 9.35 Å². The number of carboxylic acid groups (broad SMARTS) is 1. The highest BCUT2D eigenvalue weighted by Crippen LogP contribution is 2.28. The molecule has 0 aliphatic carbocycles. The van der Waals surface area contributed by atoms with Gasteiger partial charge in [-0.2, -0.15) is 0 Å². The van der Waals surface area contributed by atoms with E-state index >= 15 is 0 Å². The number of benzene rings is 1. The van der Waals surface area contributed by atoms with E-state index in [0.29, 0.717) is 17.5 Å². The molecule has 0 spiro atoms. The predicted octanol–water partition coefficient (Wildman–Crippen LogP) is 3.67. The molecule has 6 heteroatoms. The fourth-order valence-electron chi connectivity index (χ4n) is 2.30. The summed E-state index contributed by atoms with van der Waals surface area (Å²) in [5.41, 5.74) is 0.0987. The minimum atomic E-state index is -1.12. The second kappa shape index (κ2) is 7.07. The minimum Gasteiger partial charge on any atom is -0.481 e. The van der Waals surface area contributed by atoms with Crippen LogP contribution in [0.4, 0.5) is 0 Å². The van der Waals surface area contributed by atoms with Gasteiger partial charge < -0.3 is 10.4 Å². The Labute approximate surface area is 141 Å². The van der Waals surface area contributed by atoms with Crippen molar-refractivity contribution in [2.45, 2.75) is 18.8 Å². The molecule has 0 saturated heterocycles. The minimum absolute atomic E-state index is 0.0507. The summed E-state index contributed by atoms with van der Waals surface area (Å²) < 4.78 is 0.862. The van der Waals surface area contributed by atoms with Crippen molar-refractivity contribution in [2.24, 2.45) is 0 Å². The quantitative estimate of drug-likeness (QED) is 0.801. The number of amides is 1. The van der Waals surface area contributed by atoms with Crippen LogP contribution in [0.15, 0.2) is 45.6 Å². The van der Waals surface area contributed by atoms with Gasteiger partial charge in [-0.05, 0) is 34.0 Å². The molecule has 0 fully saturated rings. The molecule has 0 aliphatic heterocycles. The molecule has 22 heavy (non-hydrogen) atoms. The number of hydrogen-bond donors (Lipinski definition) is 2. The smallest absolute Gasteiger partial charge is 0.315 e. The van der Waals surface area contributed by atoms with Gasteiger partial charge in [0.25, 0.3) is 5.91 Å². The highest BCUT2D eigenvalue weighted by atomic mass is 79.9. The van der Waals surface area contributed by atoms with Crippen LogP contribution in [0.2, 0.25) is 0 Å². The summed E-state index contributed by atoms with van der Waals surface area (Å²) in [6, 6.07) is 10.7. The maximum absolute atomic E-state index is 12.2. The summed E-state index contributed by atoms with van der Waals surface area (Å²) in [5.74, 6) is -1.20. The lowest BCUT2D eigenvalue weighted by atomic mass is 9.78. The molecule has 1 atom stereocenters. The largest absolute Gasteiger partial charge is 0.481 e. The van der Waals surface area contributed by atoms with E-state index < -0.39 is 11.4 Å². The van der Waals surface area contributed by atoms with E-state index in [1.807, 2.05) is 13.0 Å². The van der Waals surface area contributed by atoms with Crippen LogP contribution in [-0.4, -0.2) is 23.5 Å². The van der Waals surface area contributed by atoms with Crippen LogP contribution in [0.3, 0.4) is 0 Å². The van der Waals surface area contributed by atoms with Crippen LogP contribution >= 0.6 is 27.3 Å². The average molecular weight is 382 g/mol. The van der Waals surface area contributed by atoms with Crippen LogP contribution in [0.1, 0.15) is 29.3 Å². The van der Waals surface area contributed by atoms with E-state index in [1.54, 1.807) is 35.7 Å². The van der Waals surface area contributed by atoms with Gasteiger partial charge in [0.1, 0.15) is 5.41 Å². The number of aliphatic carboxylic acids is 1. The predicted molar refractivity (Wildman–Crippen MR) is 90.4 cm³/mol. The Balaban J connectivity index is 2.21. The Kier molecular flexibility index (Phi) is 5.37. The number of hydrogen-bond acceptors (Lipinski definition) is 3. The van der Waals surface area contributed by atoms with Gasteiger partial charge in [-0.25, -0.2) is 0 Å². The molecule has 1 heterocycles. The van der Waals surface area contributed by atoms with Gasteiger partial charge in [0.15, 0.2) is 0 Å². The van der Waals surface area contributed by atoms with E-state index in [9.17, 15) is 14.7 Å². The Bertz CT molecular complexity index is 671. The molecule has 2 aromatic rings. The van der Waals surface area contributed by atoms with Crippen molar-refractivity contribution in [3.8, 4) is 0 Å². The Morgan fingerprint density at radius 1 is 1.32 bits per heavy atom. The van der Waals surface area contributed by atoms with Gasteiger partial charge in [-0.1, -0.05) is 37.3 Å². The normalized spacial score (nSPS) is 13.4. The molecule has 0 bridgehead atoms. The topological polar surface area (TPSA) is 66.4 Å². The summed E-state index contributed by atoms with van der Waals surface area (Å²) in [6.45, 7) is 1.86. The molecule has 1 amide bonds. The van der Waals surface area contributed by atoms with E-state index in [0.717, 1.165) is 3.79 Å². The average Bonchev–Trinajstić information content (AvgIpc) is 2.95. The molecule has 1 aromatic heterocycles. The molecule has 4 nitrogen and oxygen atoms in total. The van der Waals surface area contributed by atoms with E-state index in [1.165, 1.54) is 11.3 Å². The summed E-state index contributed by atoms with van der Waals surface area (Å²) >= 11 is 4.72. The van der Waals surface area contributed by atoms with Crippen LogP contribution < -0.4 is 5.32 Å². The number of nitrogens with one attached hydrogen (secondary N) is 1. The molecular formula is C16H16BrNO3S. The summed E-state index contributed by atoms with van der Waals surface area (Å²) in [7, 11) is 0. The monoisotopic (exact) mass is 381 g/mol. The number of carboxylic acids is 1. The fraction of sp³-hybridized carbons (Fsp3) is 0.250. The number of thiophene rings is 1. The van der Waals surface area contributed by atoms with Crippen molar-refractivity contribution in [1.82, 2.24) is 5.32 Å². The third kappa shape index (κ3) is 3.39. The fourth-order valence-corrected chi connectivity index (χ4v) is 3.44. The molecule has 2 rings (SSSR count). The molecule has 0 saturated carbocycles. The van der Waals surface area contributed by atoms with Crippen molar-refractivity contribution in [3.63, 3.8) is 0 Å². The molecule has 2 N–H and O–H groups in total. The molecule has 0 radical (unpaired) electrons. The first-order valence-corrected chi connectivity index (χ1v) is 8.48. The van der Waals surface area contributed by atoms with E-state index in [-0.39, 0.29) is 12.5 Å². The maximum Gasteiger partial charge on any atom is 0.315 e. The second-order valence-corrected chi connectivity index (χ2v) is 7.22. The van der Waals surface area contributed by atoms with Crippen LogP contribution in [0, 0.1) is 0 Å². The van der Waals surface area contributed by atoms with Crippen molar-refractivity contribution in [1.29, 1.82) is 0 Å². The van der Waals surface area contributed by atoms with E-state index in [4.69, 9.17) is 0 Å². The van der Waals surface area contributed by atoms with Crippen molar-refractivity contribution >= 4 is 39.1 Å². The lowest BCUT2D eigenvalue weighted by molar-refractivity contribution is -0.143. The van der Waals surface area contributed by atoms with E-state index in [2.05, 4.69) is 21.2 Å². The van der Waals surface area contributed by atoms with Crippen LogP contribution in [-0.2, 0) is 10.2 Å². The SMILES string of the molecule is CCC(CNC(=O)c1csc(Br)c1)(C(=O)O)c1ccccc1. The first-order chi connectivity index (χ1) is 10.5. The third-order valence-corrected chi connectivity index (χ3v) is 5.22. The second-order valence-electron chi connectivity index (χ2n) is 4.93. The zero-order valence-corrected chi connectivity index (χ0v) is 14.4. The van der Waals surface area contributed by atoms with Crippen molar-refractivity contribution in [2.75, 3.05) is 6.54 Å². The van der Waals surface area contributed by atoms with Crippen LogP contribution in [0.5, 0.6) is 0 Å².